The molecule has 6 heteroatoms. The van der Waals surface area contributed by atoms with Crippen LogP contribution in [0.15, 0.2) is 582 Å². The van der Waals surface area contributed by atoms with Gasteiger partial charge in [-0.15, -0.1) is 0 Å². The van der Waals surface area contributed by atoms with E-state index >= 15 is 0 Å². The van der Waals surface area contributed by atoms with Crippen molar-refractivity contribution in [2.45, 2.75) is 0 Å². The maximum Gasteiger partial charge on any atom is 0.179 e. The topological polar surface area (TPSA) is 16.3 Å². The van der Waals surface area contributed by atoms with Crippen molar-refractivity contribution in [3.8, 4) is 55.9 Å². The molecule has 668 valence electrons. The molecule has 0 spiro atoms. The Hall–Kier alpha value is -18.0. The Morgan fingerprint density at radius 1 is 0.148 bits per heavy atom. The van der Waals surface area contributed by atoms with Crippen molar-refractivity contribution in [1.82, 2.24) is 9.13 Å². The zero-order valence-electron chi connectivity index (χ0n) is 78.2. The van der Waals surface area contributed by atoms with Crippen molar-refractivity contribution < 1.29 is 0 Å². The van der Waals surface area contributed by atoms with E-state index in [1.54, 1.807) is 0 Å². The van der Waals surface area contributed by atoms with Gasteiger partial charge in [-0.05, 0) is 234 Å². The Morgan fingerprint density at radius 2 is 0.408 bits per heavy atom. The molecule has 0 aliphatic rings. The molecular formula is C136H96N4Si2. The van der Waals surface area contributed by atoms with Gasteiger partial charge < -0.3 is 18.9 Å². The summed E-state index contributed by atoms with van der Waals surface area (Å²) < 4.78 is 4.90. The third kappa shape index (κ3) is 15.1. The Labute approximate surface area is 829 Å². The zero-order chi connectivity index (χ0) is 94.3. The SMILES string of the molecule is c1ccc(-n2c3cccc(-c4ccc(N(c5ccc(-c6cccc7ccccc67)cc5)c5ccc([Si](c6ccccc6)(c6ccccc6)c6ccccc6)cc5)cc4)c3c3ccc4ccccc4c32)cc1.c1ccc(-n2c3ccccc3c3c(-c4ccc(N(c5ccc(-c6cccc7ccccc67)cc5)c5ccc([Si](c6ccccc6)(c6ccccc6)c6ccccc6)cc5)cc4)cc4ccccc4c32)cc1. The van der Waals surface area contributed by atoms with E-state index in [0.29, 0.717) is 0 Å². The summed E-state index contributed by atoms with van der Waals surface area (Å²) >= 11 is 0. The lowest BCUT2D eigenvalue weighted by Crippen LogP contribution is -2.74. The van der Waals surface area contributed by atoms with E-state index in [9.17, 15) is 0 Å². The molecule has 4 nitrogen and oxygen atoms in total. The minimum atomic E-state index is -2.73. The van der Waals surface area contributed by atoms with Gasteiger partial charge in [-0.25, -0.2) is 0 Å². The maximum atomic E-state index is 2.45. The number of benzene rings is 24. The van der Waals surface area contributed by atoms with Gasteiger partial charge in [-0.2, -0.15) is 0 Å². The summed E-state index contributed by atoms with van der Waals surface area (Å²) in [6, 6.07) is 215. The molecule has 0 aliphatic carbocycles. The standard InChI is InChI=1S/2C68H48N2Si/c1-5-22-53(23-6-1)70-66-34-18-33-63(67(66)65-48-39-50-20-14-16-31-64(50)68(65)70)52-37-42-55(43-38-52)69(54-40-35-51(36-41-54)62-32-17-21-49-19-13-15-30-61(49)62)56-44-46-60(47-45-56)71(57-24-7-2-8-25-57,58-26-9-3-10-27-58)59-28-11-4-12-29-59;1-5-23-53(24-6-1)70-66-35-18-17-33-64(66)67-65(48-52-21-14-16-32-63(52)68(67)70)51-38-42-55(43-39-51)69(54-40-36-50(37-41-54)62-34-19-22-49-20-13-15-31-61(49)62)56-44-46-60(47-45-56)71(57-25-7-2-8-26-57,58-27-9-3-10-28-58)59-29-11-4-12-30-59/h2*1-48H. The summed E-state index contributed by atoms with van der Waals surface area (Å²) in [6.45, 7) is 0. The highest BCUT2D eigenvalue weighted by atomic mass is 28.3. The largest absolute Gasteiger partial charge is 0.311 e. The smallest absolute Gasteiger partial charge is 0.179 e. The molecule has 2 heterocycles. The summed E-state index contributed by atoms with van der Waals surface area (Å²) in [5, 5.41) is 25.7. The van der Waals surface area contributed by atoms with E-state index in [2.05, 4.69) is 601 Å². The van der Waals surface area contributed by atoms with Crippen molar-refractivity contribution in [2.75, 3.05) is 9.80 Å². The third-order valence-electron chi connectivity index (χ3n) is 29.0. The molecule has 0 bridgehead atoms. The molecule has 0 fully saturated rings. The first-order valence-corrected chi connectivity index (χ1v) is 53.0. The zero-order valence-corrected chi connectivity index (χ0v) is 80.2. The number of hydrogen-bond donors (Lipinski definition) is 0. The number of fused-ring (bicyclic) bond motifs is 12. The van der Waals surface area contributed by atoms with E-state index in [-0.39, 0.29) is 0 Å². The van der Waals surface area contributed by atoms with E-state index in [4.69, 9.17) is 0 Å². The van der Waals surface area contributed by atoms with Crippen molar-refractivity contribution in [3.63, 3.8) is 0 Å². The Balaban J connectivity index is 0.000000149. The summed E-state index contributed by atoms with van der Waals surface area (Å²) in [5.74, 6) is 0. The van der Waals surface area contributed by atoms with E-state index in [1.165, 1.54) is 173 Å². The second-order valence-electron chi connectivity index (χ2n) is 36.8. The Bertz CT molecular complexity index is 8820. The van der Waals surface area contributed by atoms with Gasteiger partial charge in [0.05, 0.1) is 22.1 Å². The van der Waals surface area contributed by atoms with Crippen molar-refractivity contribution in [1.29, 1.82) is 0 Å². The molecule has 0 saturated carbocycles. The Kier molecular flexibility index (Phi) is 22.4. The van der Waals surface area contributed by atoms with Crippen LogP contribution in [0.2, 0.25) is 0 Å². The van der Waals surface area contributed by atoms with Crippen LogP contribution in [0, 0.1) is 0 Å². The normalized spacial score (nSPS) is 11.7. The lowest BCUT2D eigenvalue weighted by atomic mass is 9.95. The summed E-state index contributed by atoms with van der Waals surface area (Å²) in [7, 11) is -5.46. The molecule has 24 aromatic carbocycles. The molecule has 2 aromatic heterocycles. The van der Waals surface area contributed by atoms with Gasteiger partial charge in [-0.1, -0.05) is 467 Å². The molecule has 0 radical (unpaired) electrons. The molecule has 0 N–H and O–H groups in total. The minimum absolute atomic E-state index is 1.08. The second kappa shape index (κ2) is 37.1. The van der Waals surface area contributed by atoms with Crippen LogP contribution in [-0.2, 0) is 0 Å². The first-order valence-electron chi connectivity index (χ1n) is 49.0. The second-order valence-corrected chi connectivity index (χ2v) is 44.4. The summed E-state index contributed by atoms with van der Waals surface area (Å²) in [6.07, 6.45) is 0. The van der Waals surface area contributed by atoms with Crippen LogP contribution in [0.3, 0.4) is 0 Å². The molecule has 0 amide bonds. The average Bonchev–Trinajstić information content (AvgIpc) is 1.44. The van der Waals surface area contributed by atoms with E-state index < -0.39 is 16.1 Å². The number of rotatable bonds is 20. The molecule has 26 rings (SSSR count). The van der Waals surface area contributed by atoms with Crippen LogP contribution >= 0.6 is 0 Å². The van der Waals surface area contributed by atoms with E-state index in [1.807, 2.05) is 0 Å². The van der Waals surface area contributed by atoms with Gasteiger partial charge >= 0.3 is 0 Å². The fraction of sp³-hybridized carbons (Fsp3) is 0. The van der Waals surface area contributed by atoms with Gasteiger partial charge in [0.15, 0.2) is 16.1 Å². The van der Waals surface area contributed by atoms with Crippen LogP contribution in [0.1, 0.15) is 0 Å². The molecule has 0 saturated heterocycles. The minimum Gasteiger partial charge on any atom is -0.311 e. The fourth-order valence-corrected chi connectivity index (χ4v) is 32.2. The lowest BCUT2D eigenvalue weighted by molar-refractivity contribution is 1.19. The fourth-order valence-electron chi connectivity index (χ4n) is 22.7. The molecular weight excluding hydrogens is 1750 g/mol. The molecule has 0 atom stereocenters. The van der Waals surface area contributed by atoms with E-state index in [0.717, 1.165) is 45.5 Å². The average molecular weight is 1840 g/mol. The number of hydrogen-bond acceptors (Lipinski definition) is 2. The summed E-state index contributed by atoms with van der Waals surface area (Å²) in [5.41, 5.74) is 23.3. The first kappa shape index (κ1) is 85.6. The highest BCUT2D eigenvalue weighted by Crippen LogP contribution is 2.48. The van der Waals surface area contributed by atoms with Crippen LogP contribution in [0.5, 0.6) is 0 Å². The van der Waals surface area contributed by atoms with Crippen molar-refractivity contribution in [3.05, 3.63) is 582 Å². The van der Waals surface area contributed by atoms with Crippen LogP contribution in [0.25, 0.3) is 143 Å². The summed E-state index contributed by atoms with van der Waals surface area (Å²) in [4.78, 5) is 4.82. The van der Waals surface area contributed by atoms with Crippen molar-refractivity contribution >= 4 is 178 Å². The van der Waals surface area contributed by atoms with Crippen molar-refractivity contribution in [2.24, 2.45) is 0 Å². The molecule has 0 aliphatic heterocycles. The number of aromatic nitrogens is 2. The maximum absolute atomic E-state index is 2.73. The van der Waals surface area contributed by atoms with Crippen LogP contribution < -0.4 is 51.3 Å². The monoisotopic (exact) mass is 1840 g/mol. The number of anilines is 6. The Morgan fingerprint density at radius 3 is 0.796 bits per heavy atom. The highest BCUT2D eigenvalue weighted by Gasteiger charge is 2.43. The van der Waals surface area contributed by atoms with Gasteiger partial charge in [-0.3, -0.25) is 0 Å². The number of nitrogens with zero attached hydrogens (tertiary/aromatic N) is 4. The van der Waals surface area contributed by atoms with Gasteiger partial charge in [0.1, 0.15) is 0 Å². The van der Waals surface area contributed by atoms with Gasteiger partial charge in [0, 0.05) is 77.8 Å². The number of para-hydroxylation sites is 3. The van der Waals surface area contributed by atoms with Gasteiger partial charge in [0.2, 0.25) is 0 Å². The molecule has 142 heavy (non-hydrogen) atoms. The quantitative estimate of drug-likeness (QED) is 0.0559. The highest BCUT2D eigenvalue weighted by molar-refractivity contribution is 7.20. The predicted octanol–water partition coefficient (Wildman–Crippen LogP) is 30.5. The lowest BCUT2D eigenvalue weighted by Gasteiger charge is -2.35. The van der Waals surface area contributed by atoms with Crippen LogP contribution in [-0.4, -0.2) is 25.3 Å². The van der Waals surface area contributed by atoms with Gasteiger partial charge in [0.25, 0.3) is 0 Å². The molecule has 0 unspecified atom stereocenters. The molecule has 26 aromatic rings. The predicted molar refractivity (Wildman–Crippen MR) is 610 cm³/mol. The van der Waals surface area contributed by atoms with Crippen LogP contribution in [0.4, 0.5) is 34.1 Å². The first-order chi connectivity index (χ1) is 70.5. The third-order valence-corrected chi connectivity index (χ3v) is 38.6.